The summed E-state index contributed by atoms with van der Waals surface area (Å²) in [5.74, 6) is 0.667. The molecule has 2 aliphatic rings. The fraction of sp³-hybridized carbons (Fsp3) is 0.458. The summed E-state index contributed by atoms with van der Waals surface area (Å²) in [4.78, 5) is 33.9. The third-order valence-corrected chi connectivity index (χ3v) is 5.83. The molecule has 2 amide bonds. The lowest BCUT2D eigenvalue weighted by Gasteiger charge is -2.32. The molecule has 3 heterocycles. The van der Waals surface area contributed by atoms with Gasteiger partial charge in [0.05, 0.1) is 26.0 Å². The Labute approximate surface area is 183 Å². The first kappa shape index (κ1) is 21.3. The molecule has 0 unspecified atom stereocenters. The van der Waals surface area contributed by atoms with Crippen molar-refractivity contribution in [2.75, 3.05) is 32.8 Å². The van der Waals surface area contributed by atoms with Crippen LogP contribution >= 0.6 is 0 Å². The highest BCUT2D eigenvalue weighted by molar-refractivity contribution is 5.88. The maximum Gasteiger partial charge on any atom is 0.245 e. The SMILES string of the molecule is O=C([C@H]1C[C@H](Oc2cccnc2)CN1C(=O)CCCc1ccccc1)N1CCOCC1. The summed E-state index contributed by atoms with van der Waals surface area (Å²) in [6, 6.07) is 13.3. The molecule has 2 aromatic rings. The topological polar surface area (TPSA) is 72.0 Å². The van der Waals surface area contributed by atoms with Gasteiger partial charge in [-0.25, -0.2) is 0 Å². The summed E-state index contributed by atoms with van der Waals surface area (Å²) in [5.41, 5.74) is 1.22. The van der Waals surface area contributed by atoms with E-state index in [0.29, 0.717) is 51.4 Å². The maximum atomic E-state index is 13.2. The van der Waals surface area contributed by atoms with Crippen LogP contribution in [0, 0.1) is 0 Å². The van der Waals surface area contributed by atoms with Crippen molar-refractivity contribution >= 4 is 11.8 Å². The third kappa shape index (κ3) is 5.61. The molecule has 2 fully saturated rings. The van der Waals surface area contributed by atoms with Gasteiger partial charge in [-0.05, 0) is 30.5 Å². The molecule has 0 bridgehead atoms. The predicted octanol–water partition coefficient (Wildman–Crippen LogP) is 2.31. The molecule has 7 heteroatoms. The minimum absolute atomic E-state index is 0.00278. The van der Waals surface area contributed by atoms with E-state index in [0.717, 1.165) is 12.8 Å². The van der Waals surface area contributed by atoms with Crippen molar-refractivity contribution < 1.29 is 19.1 Å². The van der Waals surface area contributed by atoms with Crippen LogP contribution in [0.4, 0.5) is 0 Å². The Morgan fingerprint density at radius 3 is 2.65 bits per heavy atom. The molecule has 0 aliphatic carbocycles. The van der Waals surface area contributed by atoms with Gasteiger partial charge in [0.2, 0.25) is 11.8 Å². The normalized spacial score (nSPS) is 21.2. The Balaban J connectivity index is 1.40. The molecule has 31 heavy (non-hydrogen) atoms. The smallest absolute Gasteiger partial charge is 0.245 e. The van der Waals surface area contributed by atoms with Gasteiger partial charge in [-0.15, -0.1) is 0 Å². The van der Waals surface area contributed by atoms with E-state index >= 15 is 0 Å². The highest BCUT2D eigenvalue weighted by Gasteiger charge is 2.42. The van der Waals surface area contributed by atoms with Gasteiger partial charge in [-0.2, -0.15) is 0 Å². The molecule has 0 radical (unpaired) electrons. The number of benzene rings is 1. The van der Waals surface area contributed by atoms with E-state index in [1.54, 1.807) is 17.3 Å². The summed E-state index contributed by atoms with van der Waals surface area (Å²) < 4.78 is 11.4. The number of aryl methyl sites for hydroxylation is 1. The van der Waals surface area contributed by atoms with Crippen molar-refractivity contribution in [1.82, 2.24) is 14.8 Å². The quantitative estimate of drug-likeness (QED) is 0.684. The van der Waals surface area contributed by atoms with Gasteiger partial charge in [0.1, 0.15) is 17.9 Å². The number of morpholine rings is 1. The second-order valence-corrected chi connectivity index (χ2v) is 8.00. The molecule has 2 atom stereocenters. The number of carbonyl (C=O) groups is 2. The molecule has 0 N–H and O–H groups in total. The first-order valence-electron chi connectivity index (χ1n) is 11.0. The number of hydrogen-bond acceptors (Lipinski definition) is 5. The van der Waals surface area contributed by atoms with Gasteiger partial charge in [-0.3, -0.25) is 14.6 Å². The number of pyridine rings is 1. The Bertz CT molecular complexity index is 856. The van der Waals surface area contributed by atoms with Gasteiger partial charge in [0.15, 0.2) is 0 Å². The average Bonchev–Trinajstić information content (AvgIpc) is 3.24. The van der Waals surface area contributed by atoms with Crippen LogP contribution in [0.5, 0.6) is 5.75 Å². The fourth-order valence-corrected chi connectivity index (χ4v) is 4.23. The molecule has 0 spiro atoms. The van der Waals surface area contributed by atoms with Crippen LogP contribution in [-0.4, -0.2) is 71.6 Å². The lowest BCUT2D eigenvalue weighted by molar-refractivity contribution is -0.146. The van der Waals surface area contributed by atoms with Crippen LogP contribution in [0.1, 0.15) is 24.8 Å². The fourth-order valence-electron chi connectivity index (χ4n) is 4.23. The molecule has 2 saturated heterocycles. The number of likely N-dealkylation sites (tertiary alicyclic amines) is 1. The Kier molecular flexibility index (Phi) is 7.14. The van der Waals surface area contributed by atoms with Gasteiger partial charge in [-0.1, -0.05) is 30.3 Å². The molecule has 1 aromatic heterocycles. The van der Waals surface area contributed by atoms with Gasteiger partial charge < -0.3 is 19.3 Å². The number of ether oxygens (including phenoxy) is 2. The van der Waals surface area contributed by atoms with Crippen molar-refractivity contribution in [2.45, 2.75) is 37.8 Å². The van der Waals surface area contributed by atoms with Crippen LogP contribution < -0.4 is 4.74 Å². The monoisotopic (exact) mass is 423 g/mol. The maximum absolute atomic E-state index is 13.2. The van der Waals surface area contributed by atoms with Crippen LogP contribution in [0.2, 0.25) is 0 Å². The summed E-state index contributed by atoms with van der Waals surface area (Å²) in [6.07, 6.45) is 5.64. The van der Waals surface area contributed by atoms with Crippen molar-refractivity contribution in [1.29, 1.82) is 0 Å². The van der Waals surface area contributed by atoms with E-state index in [4.69, 9.17) is 9.47 Å². The van der Waals surface area contributed by atoms with Crippen LogP contribution in [-0.2, 0) is 20.7 Å². The molecular formula is C24H29N3O4. The lowest BCUT2D eigenvalue weighted by atomic mass is 10.1. The van der Waals surface area contributed by atoms with E-state index in [2.05, 4.69) is 17.1 Å². The Hall–Kier alpha value is -2.93. The van der Waals surface area contributed by atoms with E-state index < -0.39 is 6.04 Å². The molecule has 7 nitrogen and oxygen atoms in total. The lowest BCUT2D eigenvalue weighted by Crippen LogP contribution is -2.51. The highest BCUT2D eigenvalue weighted by Crippen LogP contribution is 2.26. The zero-order chi connectivity index (χ0) is 21.5. The molecule has 2 aliphatic heterocycles. The van der Waals surface area contributed by atoms with Crippen molar-refractivity contribution in [3.05, 3.63) is 60.4 Å². The van der Waals surface area contributed by atoms with Crippen LogP contribution in [0.15, 0.2) is 54.9 Å². The van der Waals surface area contributed by atoms with Crippen molar-refractivity contribution in [3.63, 3.8) is 0 Å². The zero-order valence-electron chi connectivity index (χ0n) is 17.7. The van der Waals surface area contributed by atoms with E-state index in [1.165, 1.54) is 5.56 Å². The number of rotatable bonds is 7. The summed E-state index contributed by atoms with van der Waals surface area (Å²) in [5, 5.41) is 0. The van der Waals surface area contributed by atoms with Gasteiger partial charge >= 0.3 is 0 Å². The number of carbonyl (C=O) groups excluding carboxylic acids is 2. The molecule has 164 valence electrons. The van der Waals surface area contributed by atoms with E-state index in [-0.39, 0.29) is 17.9 Å². The van der Waals surface area contributed by atoms with Crippen LogP contribution in [0.3, 0.4) is 0 Å². The number of hydrogen-bond donors (Lipinski definition) is 0. The van der Waals surface area contributed by atoms with Crippen molar-refractivity contribution in [2.24, 2.45) is 0 Å². The average molecular weight is 424 g/mol. The number of amides is 2. The second kappa shape index (κ2) is 10.4. The van der Waals surface area contributed by atoms with Crippen LogP contribution in [0.25, 0.3) is 0 Å². The Morgan fingerprint density at radius 2 is 1.90 bits per heavy atom. The van der Waals surface area contributed by atoms with E-state index in [9.17, 15) is 9.59 Å². The van der Waals surface area contributed by atoms with Gasteiger partial charge in [0, 0.05) is 32.1 Å². The van der Waals surface area contributed by atoms with Gasteiger partial charge in [0.25, 0.3) is 0 Å². The Morgan fingerprint density at radius 1 is 1.10 bits per heavy atom. The first-order valence-corrected chi connectivity index (χ1v) is 11.0. The van der Waals surface area contributed by atoms with E-state index in [1.807, 2.05) is 35.2 Å². The number of aromatic nitrogens is 1. The molecular weight excluding hydrogens is 394 g/mol. The highest BCUT2D eigenvalue weighted by atomic mass is 16.5. The zero-order valence-corrected chi connectivity index (χ0v) is 17.7. The standard InChI is InChI=1S/C24H29N3O4/c28-23(10-4-8-19-6-2-1-3-7-19)27-18-21(31-20-9-5-11-25-17-20)16-22(27)24(29)26-12-14-30-15-13-26/h1-3,5-7,9,11,17,21-22H,4,8,10,12-16,18H2/t21-,22+/m0/s1. The minimum Gasteiger partial charge on any atom is -0.487 e. The third-order valence-electron chi connectivity index (χ3n) is 5.83. The predicted molar refractivity (Wildman–Crippen MR) is 116 cm³/mol. The summed E-state index contributed by atoms with van der Waals surface area (Å²) >= 11 is 0. The molecule has 4 rings (SSSR count). The minimum atomic E-state index is -0.482. The second-order valence-electron chi connectivity index (χ2n) is 8.00. The first-order chi connectivity index (χ1) is 15.2. The largest absolute Gasteiger partial charge is 0.487 e. The summed E-state index contributed by atoms with van der Waals surface area (Å²) in [7, 11) is 0. The molecule has 1 aromatic carbocycles. The summed E-state index contributed by atoms with van der Waals surface area (Å²) in [6.45, 7) is 2.64. The number of nitrogens with zero attached hydrogens (tertiary/aromatic N) is 3. The molecule has 0 saturated carbocycles. The van der Waals surface area contributed by atoms with Crippen molar-refractivity contribution in [3.8, 4) is 5.75 Å².